The highest BCUT2D eigenvalue weighted by atomic mass is 28.4. The molecule has 0 radical (unpaired) electrons. The molecule has 0 aliphatic heterocycles. The Kier molecular flexibility index (Phi) is 6.57. The predicted molar refractivity (Wildman–Crippen MR) is 61.2 cm³/mol. The molecule has 96 valence electrons. The fourth-order valence-electron chi connectivity index (χ4n) is 0.909. The van der Waals surface area contributed by atoms with Crippen LogP contribution in [-0.2, 0) is 18.0 Å². The van der Waals surface area contributed by atoms with E-state index in [1.165, 1.54) is 12.0 Å². The summed E-state index contributed by atoms with van der Waals surface area (Å²) in [6.07, 6.45) is -0.394. The maximum Gasteiger partial charge on any atom is 0.497 e. The van der Waals surface area contributed by atoms with Gasteiger partial charge in [0.25, 0.3) is 0 Å². The van der Waals surface area contributed by atoms with E-state index in [-0.39, 0.29) is 6.04 Å². The van der Waals surface area contributed by atoms with Gasteiger partial charge in [-0.15, -0.1) is 0 Å². The predicted octanol–water partition coefficient (Wildman–Crippen LogP) is 0.951. The molecule has 0 heterocycles. The van der Waals surface area contributed by atoms with Crippen molar-refractivity contribution in [3.05, 3.63) is 0 Å². The topological polar surface area (TPSA) is 57.2 Å². The number of methoxy groups -OCH3 is 1. The van der Waals surface area contributed by atoms with Gasteiger partial charge in [0.15, 0.2) is 0 Å². The minimum atomic E-state index is -2.53. The van der Waals surface area contributed by atoms with Crippen LogP contribution in [0.5, 0.6) is 0 Å². The third-order valence-electron chi connectivity index (χ3n) is 2.45. The molecule has 1 unspecified atom stereocenters. The lowest BCUT2D eigenvalue weighted by Crippen LogP contribution is -2.45. The largest absolute Gasteiger partial charge is 0.497 e. The zero-order valence-corrected chi connectivity index (χ0v) is 11.8. The van der Waals surface area contributed by atoms with Crippen molar-refractivity contribution in [2.75, 3.05) is 35.0 Å². The van der Waals surface area contributed by atoms with Gasteiger partial charge in [0.05, 0.1) is 19.8 Å². The molecule has 16 heavy (non-hydrogen) atoms. The van der Waals surface area contributed by atoms with E-state index in [0.29, 0.717) is 6.61 Å². The van der Waals surface area contributed by atoms with E-state index in [1.807, 2.05) is 6.92 Å². The molecule has 0 aromatic rings. The van der Waals surface area contributed by atoms with Crippen LogP contribution in [0.3, 0.4) is 0 Å². The average Bonchev–Trinajstić information content (AvgIpc) is 2.33. The summed E-state index contributed by atoms with van der Waals surface area (Å²) in [7, 11) is 3.56. The van der Waals surface area contributed by atoms with Crippen LogP contribution in [0.4, 0.5) is 4.79 Å². The number of carbonyl (C=O) groups is 1. The fourth-order valence-corrected chi connectivity index (χ4v) is 1.86. The molecule has 0 aliphatic rings. The highest BCUT2D eigenvalue weighted by Gasteiger charge is 2.33. The molecule has 0 rings (SSSR count). The Morgan fingerprint density at radius 1 is 1.31 bits per heavy atom. The van der Waals surface area contributed by atoms with Gasteiger partial charge >= 0.3 is 14.9 Å². The third kappa shape index (κ3) is 4.48. The van der Waals surface area contributed by atoms with Crippen LogP contribution >= 0.6 is 0 Å². The standard InChI is InChI=1S/C9H21NO5Si/c1-8(10(2)9(11)12-3)7-15-16(6,13-4)14-5/h8H,7H2,1-6H3. The van der Waals surface area contributed by atoms with Crippen molar-refractivity contribution < 1.29 is 22.8 Å². The lowest BCUT2D eigenvalue weighted by atomic mass is 10.3. The lowest BCUT2D eigenvalue weighted by Gasteiger charge is -2.28. The molecule has 1 amide bonds. The number of carbonyl (C=O) groups excluding carboxylic acids is 1. The number of hydrogen-bond acceptors (Lipinski definition) is 5. The van der Waals surface area contributed by atoms with Crippen LogP contribution in [0.25, 0.3) is 0 Å². The Hall–Kier alpha value is -0.633. The van der Waals surface area contributed by atoms with Crippen molar-refractivity contribution in [1.82, 2.24) is 4.90 Å². The van der Waals surface area contributed by atoms with Gasteiger partial charge in [-0.2, -0.15) is 0 Å². The van der Waals surface area contributed by atoms with E-state index in [9.17, 15) is 4.79 Å². The summed E-state index contributed by atoms with van der Waals surface area (Å²) in [5, 5.41) is 0. The van der Waals surface area contributed by atoms with Crippen molar-refractivity contribution >= 4 is 14.9 Å². The maximum atomic E-state index is 11.2. The van der Waals surface area contributed by atoms with Gasteiger partial charge in [-0.3, -0.25) is 0 Å². The molecular formula is C9H21NO5Si. The lowest BCUT2D eigenvalue weighted by molar-refractivity contribution is 0.0673. The molecule has 0 saturated heterocycles. The molecule has 0 N–H and O–H groups in total. The van der Waals surface area contributed by atoms with Crippen LogP contribution in [0.15, 0.2) is 0 Å². The first-order chi connectivity index (χ1) is 7.40. The molecular weight excluding hydrogens is 230 g/mol. The molecule has 0 aromatic heterocycles. The Morgan fingerprint density at radius 2 is 1.81 bits per heavy atom. The van der Waals surface area contributed by atoms with Gasteiger partial charge in [-0.25, -0.2) is 4.79 Å². The normalized spacial score (nSPS) is 13.4. The zero-order valence-electron chi connectivity index (χ0n) is 10.8. The Labute approximate surface area is 97.8 Å². The number of amides is 1. The molecule has 0 fully saturated rings. The first kappa shape index (κ1) is 15.4. The van der Waals surface area contributed by atoms with Gasteiger partial charge in [-0.05, 0) is 6.92 Å². The molecule has 1 atom stereocenters. The van der Waals surface area contributed by atoms with Gasteiger partial charge in [0, 0.05) is 27.8 Å². The SMILES string of the molecule is COC(=O)N(C)C(C)CO[Si](C)(OC)OC. The van der Waals surface area contributed by atoms with Crippen molar-refractivity contribution in [3.63, 3.8) is 0 Å². The minimum Gasteiger partial charge on any atom is -0.453 e. The average molecular weight is 251 g/mol. The summed E-state index contributed by atoms with van der Waals surface area (Å²) in [4.78, 5) is 12.7. The van der Waals surface area contributed by atoms with E-state index < -0.39 is 14.9 Å². The minimum absolute atomic E-state index is 0.107. The highest BCUT2D eigenvalue weighted by molar-refractivity contribution is 6.59. The van der Waals surface area contributed by atoms with E-state index in [1.54, 1.807) is 27.8 Å². The molecule has 0 saturated carbocycles. The number of ether oxygens (including phenoxy) is 1. The van der Waals surface area contributed by atoms with Gasteiger partial charge < -0.3 is 22.9 Å². The first-order valence-corrected chi connectivity index (χ1v) is 7.17. The number of likely N-dealkylation sites (N-methyl/N-ethyl adjacent to an activating group) is 1. The van der Waals surface area contributed by atoms with Gasteiger partial charge in [0.1, 0.15) is 0 Å². The van der Waals surface area contributed by atoms with Gasteiger partial charge in [-0.1, -0.05) is 0 Å². The second-order valence-corrected chi connectivity index (χ2v) is 6.34. The molecule has 0 aromatic carbocycles. The van der Waals surface area contributed by atoms with Crippen molar-refractivity contribution in [2.24, 2.45) is 0 Å². The summed E-state index contributed by atoms with van der Waals surface area (Å²) >= 11 is 0. The number of nitrogens with zero attached hydrogens (tertiary/aromatic N) is 1. The summed E-state index contributed by atoms with van der Waals surface area (Å²) in [6, 6.07) is -0.107. The van der Waals surface area contributed by atoms with E-state index in [4.69, 9.17) is 13.3 Å². The molecule has 0 spiro atoms. The van der Waals surface area contributed by atoms with Crippen LogP contribution in [0, 0.1) is 0 Å². The third-order valence-corrected chi connectivity index (χ3v) is 4.63. The first-order valence-electron chi connectivity index (χ1n) is 4.95. The van der Waals surface area contributed by atoms with Crippen LogP contribution in [0.2, 0.25) is 6.55 Å². The highest BCUT2D eigenvalue weighted by Crippen LogP contribution is 2.08. The van der Waals surface area contributed by atoms with Crippen molar-refractivity contribution in [3.8, 4) is 0 Å². The second-order valence-electron chi connectivity index (χ2n) is 3.51. The van der Waals surface area contributed by atoms with Gasteiger partial charge in [0.2, 0.25) is 0 Å². The molecule has 0 bridgehead atoms. The quantitative estimate of drug-likeness (QED) is 0.658. The second kappa shape index (κ2) is 6.84. The summed E-state index contributed by atoms with van der Waals surface area (Å²) in [5.41, 5.74) is 0. The van der Waals surface area contributed by atoms with E-state index in [2.05, 4.69) is 4.74 Å². The van der Waals surface area contributed by atoms with E-state index >= 15 is 0 Å². The Bertz CT molecular complexity index is 222. The summed E-state index contributed by atoms with van der Waals surface area (Å²) in [6.45, 7) is 3.99. The maximum absolute atomic E-state index is 11.2. The van der Waals surface area contributed by atoms with Crippen LogP contribution in [-0.4, -0.2) is 60.8 Å². The Balaban J connectivity index is 4.15. The summed E-state index contributed by atoms with van der Waals surface area (Å²) in [5.74, 6) is 0. The molecule has 6 nitrogen and oxygen atoms in total. The van der Waals surface area contributed by atoms with Crippen LogP contribution < -0.4 is 0 Å². The number of hydrogen-bond donors (Lipinski definition) is 0. The molecule has 0 aliphatic carbocycles. The van der Waals surface area contributed by atoms with Crippen LogP contribution in [0.1, 0.15) is 6.92 Å². The Morgan fingerprint density at radius 3 is 2.19 bits per heavy atom. The smallest absolute Gasteiger partial charge is 0.453 e. The zero-order chi connectivity index (χ0) is 12.8. The fraction of sp³-hybridized carbons (Fsp3) is 0.889. The molecule has 7 heteroatoms. The monoisotopic (exact) mass is 251 g/mol. The summed E-state index contributed by atoms with van der Waals surface area (Å²) < 4.78 is 20.5. The number of rotatable bonds is 6. The van der Waals surface area contributed by atoms with Crippen molar-refractivity contribution in [1.29, 1.82) is 0 Å². The van der Waals surface area contributed by atoms with Crippen molar-refractivity contribution in [2.45, 2.75) is 19.5 Å². The van der Waals surface area contributed by atoms with E-state index in [0.717, 1.165) is 0 Å².